The summed E-state index contributed by atoms with van der Waals surface area (Å²) in [6.07, 6.45) is 0.908. The molecule has 1 aromatic rings. The monoisotopic (exact) mass is 279 g/mol. The van der Waals surface area contributed by atoms with E-state index in [0.717, 1.165) is 13.0 Å². The first-order chi connectivity index (χ1) is 9.43. The summed E-state index contributed by atoms with van der Waals surface area (Å²) in [4.78, 5) is 14.2. The van der Waals surface area contributed by atoms with Gasteiger partial charge in [-0.15, -0.1) is 0 Å². The quantitative estimate of drug-likeness (QED) is 0.746. The number of carbonyl (C=O) groups excluding carboxylic acids is 1. The van der Waals surface area contributed by atoms with Gasteiger partial charge >= 0.3 is 0 Å². The molecule has 0 radical (unpaired) electrons. The van der Waals surface area contributed by atoms with Crippen LogP contribution in [0, 0.1) is 0 Å². The third-order valence-electron chi connectivity index (χ3n) is 2.96. The molecule has 5 heteroatoms. The van der Waals surface area contributed by atoms with E-state index in [1.165, 1.54) is 0 Å². The molecule has 1 rings (SSSR count). The van der Waals surface area contributed by atoms with Crippen molar-refractivity contribution >= 4 is 11.6 Å². The van der Waals surface area contributed by atoms with Crippen LogP contribution in [-0.2, 0) is 0 Å². The van der Waals surface area contributed by atoms with Gasteiger partial charge in [0.05, 0.1) is 12.3 Å². The third-order valence-corrected chi connectivity index (χ3v) is 2.96. The summed E-state index contributed by atoms with van der Waals surface area (Å²) in [6, 6.07) is 5.24. The molecule has 0 aromatic heterocycles. The van der Waals surface area contributed by atoms with Gasteiger partial charge in [-0.2, -0.15) is 0 Å². The van der Waals surface area contributed by atoms with E-state index in [1.54, 1.807) is 18.2 Å². The topological polar surface area (TPSA) is 67.6 Å². The highest BCUT2D eigenvalue weighted by molar-refractivity contribution is 5.95. The first-order valence-corrected chi connectivity index (χ1v) is 6.92. The molecule has 1 aromatic carbocycles. The van der Waals surface area contributed by atoms with Gasteiger partial charge in [-0.3, -0.25) is 4.79 Å². The predicted octanol–water partition coefficient (Wildman–Crippen LogP) is 1.74. The van der Waals surface area contributed by atoms with Crippen LogP contribution in [0.4, 0.5) is 5.69 Å². The van der Waals surface area contributed by atoms with Crippen LogP contribution in [0.5, 0.6) is 5.75 Å². The summed E-state index contributed by atoms with van der Waals surface area (Å²) in [5, 5.41) is 2.97. The molecule has 0 saturated carbocycles. The summed E-state index contributed by atoms with van der Waals surface area (Å²) in [5.41, 5.74) is 6.91. The van der Waals surface area contributed by atoms with Crippen LogP contribution in [0.2, 0.25) is 0 Å². The van der Waals surface area contributed by atoms with Crippen LogP contribution in [0.15, 0.2) is 18.2 Å². The Kier molecular flexibility index (Phi) is 6.31. The maximum absolute atomic E-state index is 12.1. The molecule has 0 aliphatic carbocycles. The van der Waals surface area contributed by atoms with Crippen molar-refractivity contribution in [2.45, 2.75) is 26.3 Å². The van der Waals surface area contributed by atoms with Crippen LogP contribution in [0.1, 0.15) is 30.6 Å². The Labute approximate surface area is 121 Å². The second-order valence-corrected chi connectivity index (χ2v) is 5.15. The molecule has 0 saturated heterocycles. The number of carbonyl (C=O) groups is 1. The Hall–Kier alpha value is -1.75. The minimum Gasteiger partial charge on any atom is -0.492 e. The lowest BCUT2D eigenvalue weighted by atomic mass is 10.1. The van der Waals surface area contributed by atoms with Crippen LogP contribution in [0.3, 0.4) is 0 Å². The maximum Gasteiger partial charge on any atom is 0.251 e. The molecule has 20 heavy (non-hydrogen) atoms. The van der Waals surface area contributed by atoms with Crippen molar-refractivity contribution in [1.82, 2.24) is 10.2 Å². The fourth-order valence-electron chi connectivity index (χ4n) is 1.81. The Balaban J connectivity index is 2.61. The highest BCUT2D eigenvalue weighted by Crippen LogP contribution is 2.22. The summed E-state index contributed by atoms with van der Waals surface area (Å²) < 4.78 is 5.36. The normalized spacial score (nSPS) is 12.2. The standard InChI is InChI=1S/C15H25N3O2/c1-5-20-14-7-6-12(10-13(14)16)15(19)17-11(2)8-9-18(3)4/h6-7,10-11H,5,8-9,16H2,1-4H3,(H,17,19). The molecule has 1 atom stereocenters. The number of anilines is 1. The van der Waals surface area contributed by atoms with E-state index < -0.39 is 0 Å². The van der Waals surface area contributed by atoms with E-state index >= 15 is 0 Å². The third kappa shape index (κ3) is 5.09. The molecule has 0 aliphatic heterocycles. The number of benzene rings is 1. The molecule has 0 aliphatic rings. The number of amides is 1. The van der Waals surface area contributed by atoms with Gasteiger partial charge in [0.25, 0.3) is 5.91 Å². The van der Waals surface area contributed by atoms with Crippen LogP contribution < -0.4 is 15.8 Å². The van der Waals surface area contributed by atoms with E-state index in [9.17, 15) is 4.79 Å². The molecule has 0 heterocycles. The molecule has 1 amide bonds. The van der Waals surface area contributed by atoms with Crippen molar-refractivity contribution in [1.29, 1.82) is 0 Å². The first kappa shape index (κ1) is 16.3. The van der Waals surface area contributed by atoms with Crippen LogP contribution in [0.25, 0.3) is 0 Å². The van der Waals surface area contributed by atoms with E-state index in [1.807, 2.05) is 27.9 Å². The van der Waals surface area contributed by atoms with Gasteiger partial charge in [-0.1, -0.05) is 0 Å². The zero-order valence-electron chi connectivity index (χ0n) is 12.8. The van der Waals surface area contributed by atoms with E-state index in [4.69, 9.17) is 10.5 Å². The molecular weight excluding hydrogens is 254 g/mol. The van der Waals surface area contributed by atoms with E-state index in [-0.39, 0.29) is 11.9 Å². The number of nitrogens with two attached hydrogens (primary N) is 1. The zero-order chi connectivity index (χ0) is 15.1. The van der Waals surface area contributed by atoms with E-state index in [0.29, 0.717) is 23.6 Å². The van der Waals surface area contributed by atoms with Crippen molar-refractivity contribution in [3.63, 3.8) is 0 Å². The SMILES string of the molecule is CCOc1ccc(C(=O)NC(C)CCN(C)C)cc1N. The zero-order valence-corrected chi connectivity index (χ0v) is 12.8. The van der Waals surface area contributed by atoms with Gasteiger partial charge < -0.3 is 20.7 Å². The summed E-state index contributed by atoms with van der Waals surface area (Å²) in [7, 11) is 4.03. The molecule has 5 nitrogen and oxygen atoms in total. The minimum atomic E-state index is -0.106. The number of ether oxygens (including phenoxy) is 1. The second-order valence-electron chi connectivity index (χ2n) is 5.15. The van der Waals surface area contributed by atoms with Gasteiger partial charge in [-0.05, 0) is 59.1 Å². The number of nitrogens with zero attached hydrogens (tertiary/aromatic N) is 1. The van der Waals surface area contributed by atoms with Crippen molar-refractivity contribution < 1.29 is 9.53 Å². The fourth-order valence-corrected chi connectivity index (χ4v) is 1.81. The molecule has 112 valence electrons. The molecule has 0 spiro atoms. The smallest absolute Gasteiger partial charge is 0.251 e. The van der Waals surface area contributed by atoms with Gasteiger partial charge in [-0.25, -0.2) is 0 Å². The highest BCUT2D eigenvalue weighted by Gasteiger charge is 2.11. The largest absolute Gasteiger partial charge is 0.492 e. The Morgan fingerprint density at radius 1 is 1.45 bits per heavy atom. The van der Waals surface area contributed by atoms with Crippen molar-refractivity contribution in [2.24, 2.45) is 0 Å². The number of nitrogen functional groups attached to an aromatic ring is 1. The number of hydrogen-bond donors (Lipinski definition) is 2. The van der Waals surface area contributed by atoms with Crippen molar-refractivity contribution in [2.75, 3.05) is 33.0 Å². The summed E-state index contributed by atoms with van der Waals surface area (Å²) in [5.74, 6) is 0.510. The van der Waals surface area contributed by atoms with Gasteiger partial charge in [0.15, 0.2) is 0 Å². The van der Waals surface area contributed by atoms with E-state index in [2.05, 4.69) is 10.2 Å². The molecular formula is C15H25N3O2. The number of hydrogen-bond acceptors (Lipinski definition) is 4. The first-order valence-electron chi connectivity index (χ1n) is 6.92. The molecule has 1 unspecified atom stereocenters. The summed E-state index contributed by atoms with van der Waals surface area (Å²) >= 11 is 0. The summed E-state index contributed by atoms with van der Waals surface area (Å²) in [6.45, 7) is 5.38. The average molecular weight is 279 g/mol. The Bertz CT molecular complexity index is 447. The lowest BCUT2D eigenvalue weighted by molar-refractivity contribution is 0.0937. The average Bonchev–Trinajstić information content (AvgIpc) is 2.39. The van der Waals surface area contributed by atoms with Crippen LogP contribution in [-0.4, -0.2) is 44.1 Å². The van der Waals surface area contributed by atoms with Gasteiger partial charge in [0.2, 0.25) is 0 Å². The number of nitrogens with one attached hydrogen (secondary N) is 1. The second kappa shape index (κ2) is 7.75. The highest BCUT2D eigenvalue weighted by atomic mass is 16.5. The van der Waals surface area contributed by atoms with Crippen molar-refractivity contribution in [3.8, 4) is 5.75 Å². The maximum atomic E-state index is 12.1. The molecule has 3 N–H and O–H groups in total. The lowest BCUT2D eigenvalue weighted by Gasteiger charge is -2.17. The number of rotatable bonds is 7. The van der Waals surface area contributed by atoms with Crippen molar-refractivity contribution in [3.05, 3.63) is 23.8 Å². The fraction of sp³-hybridized carbons (Fsp3) is 0.533. The minimum absolute atomic E-state index is 0.106. The molecule has 0 bridgehead atoms. The Morgan fingerprint density at radius 2 is 2.15 bits per heavy atom. The van der Waals surface area contributed by atoms with Gasteiger partial charge in [0.1, 0.15) is 5.75 Å². The molecule has 0 fully saturated rings. The Morgan fingerprint density at radius 3 is 2.70 bits per heavy atom. The van der Waals surface area contributed by atoms with Crippen LogP contribution >= 0.6 is 0 Å². The van der Waals surface area contributed by atoms with Gasteiger partial charge in [0, 0.05) is 11.6 Å². The lowest BCUT2D eigenvalue weighted by Crippen LogP contribution is -2.34. The predicted molar refractivity (Wildman–Crippen MR) is 82.1 cm³/mol.